The van der Waals surface area contributed by atoms with Crippen molar-refractivity contribution in [2.24, 2.45) is 0 Å². The van der Waals surface area contributed by atoms with E-state index in [1.54, 1.807) is 0 Å². The van der Waals surface area contributed by atoms with Crippen LogP contribution >= 0.6 is 0 Å². The summed E-state index contributed by atoms with van der Waals surface area (Å²) in [4.78, 5) is 11.7. The fourth-order valence-electron chi connectivity index (χ4n) is 2.39. The van der Waals surface area contributed by atoms with Gasteiger partial charge >= 0.3 is 0 Å². The number of aryl methyl sites for hydroxylation is 1. The molecule has 17 heavy (non-hydrogen) atoms. The molecule has 0 bridgehead atoms. The predicted octanol–water partition coefficient (Wildman–Crippen LogP) is 2.88. The summed E-state index contributed by atoms with van der Waals surface area (Å²) in [5.74, 6) is -0.0898. The average molecular weight is 233 g/mol. The van der Waals surface area contributed by atoms with Gasteiger partial charge in [0.25, 0.3) is 0 Å². The molecule has 3 nitrogen and oxygen atoms in total. The summed E-state index contributed by atoms with van der Waals surface area (Å²) in [5.41, 5.74) is 3.80. The largest absolute Gasteiger partial charge is 0.388 e. The van der Waals surface area contributed by atoms with Crippen LogP contribution < -0.4 is 5.32 Å². The highest BCUT2D eigenvalue weighted by molar-refractivity contribution is 6.03. The predicted molar refractivity (Wildman–Crippen MR) is 68.1 cm³/mol. The third-order valence-corrected chi connectivity index (χ3v) is 3.37. The van der Waals surface area contributed by atoms with Crippen molar-refractivity contribution in [1.82, 2.24) is 0 Å². The number of benzene rings is 1. The van der Waals surface area contributed by atoms with Crippen LogP contribution in [0.25, 0.3) is 0 Å². The van der Waals surface area contributed by atoms with Crippen molar-refractivity contribution in [2.75, 3.05) is 5.32 Å². The van der Waals surface area contributed by atoms with Gasteiger partial charge in [-0.2, -0.15) is 0 Å². The van der Waals surface area contributed by atoms with Crippen molar-refractivity contribution in [3.63, 3.8) is 0 Å². The van der Waals surface area contributed by atoms with Crippen LogP contribution in [0.15, 0.2) is 12.1 Å². The Bertz CT molecular complexity index is 454. The molecule has 2 atom stereocenters. The fraction of sp³-hybridized carbons (Fsp3) is 0.500. The maximum atomic E-state index is 11.7. The Hall–Kier alpha value is -1.35. The van der Waals surface area contributed by atoms with Crippen LogP contribution in [0.2, 0.25) is 0 Å². The van der Waals surface area contributed by atoms with E-state index in [0.717, 1.165) is 35.2 Å². The second-order valence-electron chi connectivity index (χ2n) is 4.83. The first-order chi connectivity index (χ1) is 8.04. The van der Waals surface area contributed by atoms with Gasteiger partial charge in [0.2, 0.25) is 5.91 Å². The molecule has 0 aromatic heterocycles. The molecule has 1 aliphatic heterocycles. The molecule has 92 valence electrons. The minimum absolute atomic E-state index is 0.0237. The van der Waals surface area contributed by atoms with Crippen molar-refractivity contribution >= 4 is 11.6 Å². The first-order valence-electron chi connectivity index (χ1n) is 6.18. The molecule has 1 aliphatic rings. The molecule has 1 aromatic carbocycles. The molecular formula is C14H19NO2. The van der Waals surface area contributed by atoms with E-state index in [4.69, 9.17) is 0 Å². The smallest absolute Gasteiger partial charge is 0.231 e. The fourth-order valence-corrected chi connectivity index (χ4v) is 2.39. The number of amides is 1. The number of nitrogens with one attached hydrogen (secondary N) is 1. The zero-order valence-corrected chi connectivity index (χ0v) is 10.6. The maximum absolute atomic E-state index is 11.7. The van der Waals surface area contributed by atoms with Crippen LogP contribution in [-0.4, -0.2) is 11.0 Å². The Morgan fingerprint density at radius 3 is 2.82 bits per heavy atom. The van der Waals surface area contributed by atoms with Gasteiger partial charge in [0.05, 0.1) is 17.7 Å². The first-order valence-corrected chi connectivity index (χ1v) is 6.18. The number of carbonyl (C=O) groups is 1. The summed E-state index contributed by atoms with van der Waals surface area (Å²) in [6, 6.07) is 4.00. The van der Waals surface area contributed by atoms with Crippen LogP contribution in [0.5, 0.6) is 0 Å². The normalized spacial score (nSPS) is 20.0. The number of rotatable bonds is 3. The van der Waals surface area contributed by atoms with E-state index in [0.29, 0.717) is 0 Å². The number of aliphatic hydroxyl groups is 1. The number of hydrogen-bond donors (Lipinski definition) is 2. The van der Waals surface area contributed by atoms with Gasteiger partial charge in [-0.15, -0.1) is 0 Å². The summed E-state index contributed by atoms with van der Waals surface area (Å²) in [6.07, 6.45) is 1.16. The van der Waals surface area contributed by atoms with Crippen LogP contribution in [0, 0.1) is 6.92 Å². The van der Waals surface area contributed by atoms with Gasteiger partial charge in [0, 0.05) is 5.56 Å². The number of anilines is 1. The summed E-state index contributed by atoms with van der Waals surface area (Å²) in [5, 5.41) is 13.0. The zero-order valence-electron chi connectivity index (χ0n) is 10.6. The lowest BCUT2D eigenvalue weighted by Gasteiger charge is -2.15. The van der Waals surface area contributed by atoms with Gasteiger partial charge in [-0.05, 0) is 25.8 Å². The SMILES string of the molecule is CCCC(O)c1cc(C)cc2c1NC(=O)C2C. The summed E-state index contributed by atoms with van der Waals surface area (Å²) < 4.78 is 0. The highest BCUT2D eigenvalue weighted by Gasteiger charge is 2.30. The van der Waals surface area contributed by atoms with E-state index in [1.165, 1.54) is 0 Å². The lowest BCUT2D eigenvalue weighted by Crippen LogP contribution is -2.09. The highest BCUT2D eigenvalue weighted by atomic mass is 16.3. The third-order valence-electron chi connectivity index (χ3n) is 3.37. The molecule has 0 aliphatic carbocycles. The van der Waals surface area contributed by atoms with E-state index < -0.39 is 6.10 Å². The molecule has 2 N–H and O–H groups in total. The molecule has 1 aromatic rings. The van der Waals surface area contributed by atoms with Gasteiger partial charge in [-0.3, -0.25) is 4.79 Å². The molecule has 0 spiro atoms. The molecule has 2 unspecified atom stereocenters. The van der Waals surface area contributed by atoms with Crippen molar-refractivity contribution in [2.45, 2.75) is 45.6 Å². The molecule has 0 radical (unpaired) electrons. The van der Waals surface area contributed by atoms with Crippen LogP contribution in [0.1, 0.15) is 55.4 Å². The molecule has 1 amide bonds. The van der Waals surface area contributed by atoms with Gasteiger partial charge < -0.3 is 10.4 Å². The van der Waals surface area contributed by atoms with Crippen molar-refractivity contribution < 1.29 is 9.90 Å². The van der Waals surface area contributed by atoms with Gasteiger partial charge in [0.1, 0.15) is 0 Å². The van der Waals surface area contributed by atoms with Crippen molar-refractivity contribution in [3.05, 3.63) is 28.8 Å². The second kappa shape index (κ2) is 4.49. The minimum atomic E-state index is -0.487. The van der Waals surface area contributed by atoms with Crippen molar-refractivity contribution in [3.8, 4) is 0 Å². The first kappa shape index (κ1) is 12.1. The van der Waals surface area contributed by atoms with E-state index in [-0.39, 0.29) is 11.8 Å². The van der Waals surface area contributed by atoms with E-state index in [1.807, 2.05) is 32.9 Å². The van der Waals surface area contributed by atoms with E-state index in [9.17, 15) is 9.90 Å². The standard InChI is InChI=1S/C14H19NO2/c1-4-5-12(16)11-7-8(2)6-10-9(3)14(17)15-13(10)11/h6-7,9,12,16H,4-5H2,1-3H3,(H,15,17). The molecule has 0 saturated heterocycles. The zero-order chi connectivity index (χ0) is 12.6. The lowest BCUT2D eigenvalue weighted by molar-refractivity contribution is -0.116. The van der Waals surface area contributed by atoms with Crippen LogP contribution in [0.3, 0.4) is 0 Å². The molecule has 1 heterocycles. The Morgan fingerprint density at radius 2 is 2.18 bits per heavy atom. The number of hydrogen-bond acceptors (Lipinski definition) is 2. The molecular weight excluding hydrogens is 214 g/mol. The second-order valence-corrected chi connectivity index (χ2v) is 4.83. The summed E-state index contributed by atoms with van der Waals surface area (Å²) in [6.45, 7) is 5.94. The Balaban J connectivity index is 2.48. The van der Waals surface area contributed by atoms with Gasteiger partial charge in [-0.25, -0.2) is 0 Å². The minimum Gasteiger partial charge on any atom is -0.388 e. The Kier molecular flexibility index (Phi) is 3.20. The van der Waals surface area contributed by atoms with E-state index >= 15 is 0 Å². The topological polar surface area (TPSA) is 49.3 Å². The quantitative estimate of drug-likeness (QED) is 0.843. The maximum Gasteiger partial charge on any atom is 0.231 e. The monoisotopic (exact) mass is 233 g/mol. The lowest BCUT2D eigenvalue weighted by atomic mass is 9.94. The summed E-state index contributed by atoms with van der Waals surface area (Å²) >= 11 is 0. The van der Waals surface area contributed by atoms with Gasteiger partial charge in [0.15, 0.2) is 0 Å². The van der Waals surface area contributed by atoms with Crippen LogP contribution in [-0.2, 0) is 4.79 Å². The number of carbonyl (C=O) groups excluding carboxylic acids is 1. The van der Waals surface area contributed by atoms with Crippen LogP contribution in [0.4, 0.5) is 5.69 Å². The van der Waals surface area contributed by atoms with E-state index in [2.05, 4.69) is 5.32 Å². The molecule has 3 heteroatoms. The molecule has 0 fully saturated rings. The van der Waals surface area contributed by atoms with Gasteiger partial charge in [-0.1, -0.05) is 31.0 Å². The Morgan fingerprint density at radius 1 is 1.47 bits per heavy atom. The number of fused-ring (bicyclic) bond motifs is 1. The average Bonchev–Trinajstić information content (AvgIpc) is 2.55. The highest BCUT2D eigenvalue weighted by Crippen LogP contribution is 2.39. The molecule has 2 rings (SSSR count). The molecule has 0 saturated carbocycles. The number of aliphatic hydroxyl groups excluding tert-OH is 1. The Labute approximate surface area is 102 Å². The van der Waals surface area contributed by atoms with Crippen molar-refractivity contribution in [1.29, 1.82) is 0 Å². The summed E-state index contributed by atoms with van der Waals surface area (Å²) in [7, 11) is 0. The third kappa shape index (κ3) is 2.07.